The molecule has 0 radical (unpaired) electrons. The van der Waals surface area contributed by atoms with Crippen LogP contribution in [0.1, 0.15) is 16.1 Å². The number of carboxylic acids is 1. The molecule has 0 spiro atoms. The Morgan fingerprint density at radius 2 is 2.00 bits per heavy atom. The van der Waals surface area contributed by atoms with Gasteiger partial charge in [0.1, 0.15) is 6.07 Å². The van der Waals surface area contributed by atoms with Crippen molar-refractivity contribution in [3.8, 4) is 6.07 Å². The summed E-state index contributed by atoms with van der Waals surface area (Å²) < 4.78 is 0. The number of anilines is 2. The first-order valence-electron chi connectivity index (χ1n) is 5.43. The zero-order chi connectivity index (χ0) is 13.8. The molecule has 0 aliphatic carbocycles. The largest absolute Gasteiger partial charge is 0.476 e. The first kappa shape index (κ1) is 12.5. The van der Waals surface area contributed by atoms with Gasteiger partial charge in [0.15, 0.2) is 11.5 Å². The SMILES string of the molecule is CN(c1ccc(C(=O)O)nn1)c1ccccc1C#N. The zero-order valence-electron chi connectivity index (χ0n) is 10.1. The van der Waals surface area contributed by atoms with Crippen molar-refractivity contribution in [3.05, 3.63) is 47.7 Å². The lowest BCUT2D eigenvalue weighted by molar-refractivity contribution is 0.0689. The van der Waals surface area contributed by atoms with Gasteiger partial charge in [-0.2, -0.15) is 5.26 Å². The van der Waals surface area contributed by atoms with Gasteiger partial charge in [-0.05, 0) is 24.3 Å². The van der Waals surface area contributed by atoms with Gasteiger partial charge >= 0.3 is 5.97 Å². The third-order valence-corrected chi connectivity index (χ3v) is 2.60. The van der Waals surface area contributed by atoms with Crippen LogP contribution in [0.2, 0.25) is 0 Å². The molecule has 0 aliphatic heterocycles. The number of rotatable bonds is 3. The van der Waals surface area contributed by atoms with E-state index in [-0.39, 0.29) is 5.69 Å². The number of nitrogens with zero attached hydrogens (tertiary/aromatic N) is 4. The number of carboxylic acid groups (broad SMARTS) is 1. The maximum Gasteiger partial charge on any atom is 0.356 e. The van der Waals surface area contributed by atoms with E-state index < -0.39 is 5.97 Å². The summed E-state index contributed by atoms with van der Waals surface area (Å²) in [5.41, 5.74) is 1.07. The smallest absolute Gasteiger partial charge is 0.356 e. The molecule has 19 heavy (non-hydrogen) atoms. The Hall–Kier alpha value is -2.94. The van der Waals surface area contributed by atoms with Gasteiger partial charge < -0.3 is 10.0 Å². The number of carbonyl (C=O) groups is 1. The van der Waals surface area contributed by atoms with Crippen molar-refractivity contribution in [1.29, 1.82) is 5.26 Å². The highest BCUT2D eigenvalue weighted by molar-refractivity contribution is 5.85. The summed E-state index contributed by atoms with van der Waals surface area (Å²) >= 11 is 0. The summed E-state index contributed by atoms with van der Waals surface area (Å²) in [5, 5.41) is 25.2. The van der Waals surface area contributed by atoms with Crippen molar-refractivity contribution in [3.63, 3.8) is 0 Å². The first-order valence-corrected chi connectivity index (χ1v) is 5.43. The lowest BCUT2D eigenvalue weighted by Gasteiger charge is -2.18. The van der Waals surface area contributed by atoms with E-state index in [1.807, 2.05) is 6.07 Å². The molecule has 0 amide bonds. The summed E-state index contributed by atoms with van der Waals surface area (Å²) in [6.07, 6.45) is 0. The monoisotopic (exact) mass is 254 g/mol. The predicted molar refractivity (Wildman–Crippen MR) is 68.2 cm³/mol. The predicted octanol–water partition coefficient (Wildman–Crippen LogP) is 1.81. The quantitative estimate of drug-likeness (QED) is 0.898. The molecule has 1 aromatic carbocycles. The summed E-state index contributed by atoms with van der Waals surface area (Å²) in [5.74, 6) is -0.660. The summed E-state index contributed by atoms with van der Waals surface area (Å²) in [6.45, 7) is 0. The van der Waals surface area contributed by atoms with Crippen molar-refractivity contribution in [2.75, 3.05) is 11.9 Å². The number of nitriles is 1. The van der Waals surface area contributed by atoms with Crippen molar-refractivity contribution >= 4 is 17.5 Å². The molecular formula is C13H10N4O2. The van der Waals surface area contributed by atoms with Crippen LogP contribution in [0, 0.1) is 11.3 Å². The Kier molecular flexibility index (Phi) is 3.39. The Balaban J connectivity index is 2.36. The van der Waals surface area contributed by atoms with Crippen LogP contribution in [0.25, 0.3) is 0 Å². The molecule has 1 aromatic heterocycles. The van der Waals surface area contributed by atoms with E-state index in [2.05, 4.69) is 16.3 Å². The standard InChI is InChI=1S/C13H10N4O2/c1-17(11-5-3-2-4-9(11)8-14)12-7-6-10(13(18)19)15-16-12/h2-7H,1H3,(H,18,19). The molecule has 0 aliphatic rings. The second-order valence-electron chi connectivity index (χ2n) is 3.77. The van der Waals surface area contributed by atoms with E-state index in [4.69, 9.17) is 10.4 Å². The lowest BCUT2D eigenvalue weighted by Crippen LogP contribution is -2.14. The molecule has 0 bridgehead atoms. The molecule has 6 heteroatoms. The van der Waals surface area contributed by atoms with E-state index in [0.717, 1.165) is 0 Å². The fourth-order valence-corrected chi connectivity index (χ4v) is 1.60. The summed E-state index contributed by atoms with van der Waals surface area (Å²) in [4.78, 5) is 12.4. The number of hydrogen-bond donors (Lipinski definition) is 1. The second kappa shape index (κ2) is 5.14. The van der Waals surface area contributed by atoms with Gasteiger partial charge in [-0.15, -0.1) is 10.2 Å². The minimum Gasteiger partial charge on any atom is -0.476 e. The van der Waals surface area contributed by atoms with Crippen molar-refractivity contribution in [2.45, 2.75) is 0 Å². The van der Waals surface area contributed by atoms with Gasteiger partial charge in [0.2, 0.25) is 0 Å². The van der Waals surface area contributed by atoms with Gasteiger partial charge in [0, 0.05) is 7.05 Å². The third kappa shape index (κ3) is 2.50. The molecule has 0 unspecified atom stereocenters. The molecule has 6 nitrogen and oxygen atoms in total. The van der Waals surface area contributed by atoms with Gasteiger partial charge in [-0.1, -0.05) is 12.1 Å². The van der Waals surface area contributed by atoms with Gasteiger partial charge in [-0.25, -0.2) is 4.79 Å². The molecule has 0 saturated heterocycles. The maximum absolute atomic E-state index is 10.7. The van der Waals surface area contributed by atoms with Crippen LogP contribution in [-0.4, -0.2) is 28.3 Å². The molecule has 2 rings (SSSR count). The Morgan fingerprint density at radius 1 is 1.26 bits per heavy atom. The van der Waals surface area contributed by atoms with Gasteiger partial charge in [-0.3, -0.25) is 0 Å². The van der Waals surface area contributed by atoms with E-state index in [1.54, 1.807) is 36.2 Å². The Labute approximate surface area is 109 Å². The number of benzene rings is 1. The zero-order valence-corrected chi connectivity index (χ0v) is 10.1. The molecule has 0 fully saturated rings. The molecule has 1 heterocycles. The van der Waals surface area contributed by atoms with E-state index in [0.29, 0.717) is 17.1 Å². The van der Waals surface area contributed by atoms with Crippen LogP contribution < -0.4 is 4.90 Å². The van der Waals surface area contributed by atoms with Crippen LogP contribution >= 0.6 is 0 Å². The number of aromatic nitrogens is 2. The summed E-state index contributed by atoms with van der Waals surface area (Å²) in [7, 11) is 1.74. The van der Waals surface area contributed by atoms with E-state index in [1.165, 1.54) is 6.07 Å². The van der Waals surface area contributed by atoms with Gasteiger partial charge in [0.05, 0.1) is 11.3 Å². The topological polar surface area (TPSA) is 90.1 Å². The fourth-order valence-electron chi connectivity index (χ4n) is 1.60. The average molecular weight is 254 g/mol. The first-order chi connectivity index (χ1) is 9.13. The molecule has 2 aromatic rings. The van der Waals surface area contributed by atoms with Crippen molar-refractivity contribution < 1.29 is 9.90 Å². The Bertz CT molecular complexity index is 646. The van der Waals surface area contributed by atoms with Crippen LogP contribution in [0.15, 0.2) is 36.4 Å². The van der Waals surface area contributed by atoms with Crippen LogP contribution in [-0.2, 0) is 0 Å². The van der Waals surface area contributed by atoms with Gasteiger partial charge in [0.25, 0.3) is 0 Å². The van der Waals surface area contributed by atoms with E-state index >= 15 is 0 Å². The highest BCUT2D eigenvalue weighted by Crippen LogP contribution is 2.24. The van der Waals surface area contributed by atoms with Crippen molar-refractivity contribution in [1.82, 2.24) is 10.2 Å². The summed E-state index contributed by atoms with van der Waals surface area (Å²) in [6, 6.07) is 12.1. The molecular weight excluding hydrogens is 244 g/mol. The second-order valence-corrected chi connectivity index (χ2v) is 3.77. The maximum atomic E-state index is 10.7. The number of aromatic carboxylic acids is 1. The minimum absolute atomic E-state index is 0.120. The highest BCUT2D eigenvalue weighted by atomic mass is 16.4. The molecule has 0 atom stereocenters. The fraction of sp³-hybridized carbons (Fsp3) is 0.0769. The van der Waals surface area contributed by atoms with E-state index in [9.17, 15) is 4.79 Å². The Morgan fingerprint density at radius 3 is 2.58 bits per heavy atom. The lowest BCUT2D eigenvalue weighted by atomic mass is 10.2. The minimum atomic E-state index is -1.13. The number of para-hydroxylation sites is 1. The normalized spacial score (nSPS) is 9.68. The number of hydrogen-bond acceptors (Lipinski definition) is 5. The average Bonchev–Trinajstić information content (AvgIpc) is 2.46. The highest BCUT2D eigenvalue weighted by Gasteiger charge is 2.11. The third-order valence-electron chi connectivity index (χ3n) is 2.60. The van der Waals surface area contributed by atoms with Crippen LogP contribution in [0.4, 0.5) is 11.5 Å². The van der Waals surface area contributed by atoms with Crippen LogP contribution in [0.5, 0.6) is 0 Å². The molecule has 1 N–H and O–H groups in total. The molecule has 0 saturated carbocycles. The van der Waals surface area contributed by atoms with Crippen LogP contribution in [0.3, 0.4) is 0 Å². The van der Waals surface area contributed by atoms with Crippen molar-refractivity contribution in [2.24, 2.45) is 0 Å². The molecule has 94 valence electrons.